The zero-order valence-electron chi connectivity index (χ0n) is 22.3. The Bertz CT molecular complexity index is 1210. The topological polar surface area (TPSA) is 56.5 Å². The van der Waals surface area contributed by atoms with Crippen LogP contribution in [0.15, 0.2) is 90.1 Å². The van der Waals surface area contributed by atoms with Gasteiger partial charge < -0.3 is 14.6 Å². The summed E-state index contributed by atoms with van der Waals surface area (Å²) in [6.45, 7) is 4.21. The first-order valence-corrected chi connectivity index (χ1v) is 12.2. The molecular weight excluding hydrogens is 519 g/mol. The van der Waals surface area contributed by atoms with Crippen molar-refractivity contribution in [2.45, 2.75) is 51.5 Å². The van der Waals surface area contributed by atoms with Crippen molar-refractivity contribution in [3.63, 3.8) is 0 Å². The van der Waals surface area contributed by atoms with E-state index in [-0.39, 0.29) is 11.6 Å². The van der Waals surface area contributed by atoms with Crippen molar-refractivity contribution in [2.75, 3.05) is 13.7 Å². The first-order chi connectivity index (χ1) is 18.4. The van der Waals surface area contributed by atoms with Crippen LogP contribution in [0.3, 0.4) is 0 Å². The predicted octanol–water partition coefficient (Wildman–Crippen LogP) is 7.41. The minimum atomic E-state index is -4.77. The normalized spacial score (nSPS) is 18.7. The molecule has 1 heterocycles. The third-order valence-electron chi connectivity index (χ3n) is 5.75. The van der Waals surface area contributed by atoms with Gasteiger partial charge in [-0.05, 0) is 75.8 Å². The van der Waals surface area contributed by atoms with Crippen molar-refractivity contribution in [1.29, 1.82) is 0 Å². The lowest BCUT2D eigenvalue weighted by atomic mass is 10.0. The lowest BCUT2D eigenvalue weighted by Gasteiger charge is -2.26. The van der Waals surface area contributed by atoms with Crippen LogP contribution in [-0.2, 0) is 9.47 Å². The number of alkyl halides is 3. The van der Waals surface area contributed by atoms with Gasteiger partial charge in [0.25, 0.3) is 0 Å². The molecule has 0 amide bonds. The zero-order chi connectivity index (χ0) is 29.1. The monoisotopic (exact) mass is 552 g/mol. The zero-order valence-corrected chi connectivity index (χ0v) is 22.3. The number of aromatic nitrogens is 2. The minimum Gasteiger partial charge on any atom is -0.491 e. The summed E-state index contributed by atoms with van der Waals surface area (Å²) in [5, 5.41) is 13.5. The Hall–Kier alpha value is -3.50. The van der Waals surface area contributed by atoms with Gasteiger partial charge >= 0.3 is 6.18 Å². The highest BCUT2D eigenvalue weighted by molar-refractivity contribution is 5.52. The first-order valence-electron chi connectivity index (χ1n) is 12.2. The highest BCUT2D eigenvalue weighted by atomic mass is 19.4. The summed E-state index contributed by atoms with van der Waals surface area (Å²) in [6.07, 6.45) is 8.07. The summed E-state index contributed by atoms with van der Waals surface area (Å²) < 4.78 is 75.9. The van der Waals surface area contributed by atoms with Crippen LogP contribution in [0.5, 0.6) is 0 Å². The third kappa shape index (κ3) is 9.96. The van der Waals surface area contributed by atoms with Crippen molar-refractivity contribution in [2.24, 2.45) is 0 Å². The molecule has 3 rings (SSSR count). The average molecular weight is 553 g/mol. The quantitative estimate of drug-likeness (QED) is 0.211. The second kappa shape index (κ2) is 14.6. The fourth-order valence-corrected chi connectivity index (χ4v) is 3.09. The van der Waals surface area contributed by atoms with E-state index in [1.54, 1.807) is 35.2 Å². The first kappa shape index (κ1) is 31.7. The Kier molecular flexibility index (Phi) is 11.9. The van der Waals surface area contributed by atoms with Crippen LogP contribution >= 0.6 is 0 Å². The fraction of sp³-hybridized carbons (Fsp3) is 0.345. The smallest absolute Gasteiger partial charge is 0.417 e. The number of nitrogens with zero attached hydrogens (tertiary/aromatic N) is 2. The molecule has 212 valence electrons. The Morgan fingerprint density at radius 2 is 1.87 bits per heavy atom. The molecule has 1 aromatic carbocycles. The SMILES string of the molecule is C/C=C(C)\C=C/c1ccnn1-c1ccc(F)cc1.COC1C=C(OCCC(C)(O)C(F)(F)F)C(F)=CC/C=C\1. The Morgan fingerprint density at radius 1 is 1.18 bits per heavy atom. The highest BCUT2D eigenvalue weighted by Crippen LogP contribution is 2.33. The van der Waals surface area contributed by atoms with Gasteiger partial charge in [0.15, 0.2) is 17.2 Å². The molecule has 2 aromatic rings. The molecule has 1 N–H and O–H groups in total. The summed E-state index contributed by atoms with van der Waals surface area (Å²) in [4.78, 5) is 0. The van der Waals surface area contributed by atoms with Crippen LogP contribution in [0.1, 0.15) is 39.3 Å². The molecule has 0 saturated heterocycles. The molecule has 10 heteroatoms. The van der Waals surface area contributed by atoms with Crippen LogP contribution in [0.4, 0.5) is 22.0 Å². The van der Waals surface area contributed by atoms with E-state index < -0.39 is 36.7 Å². The van der Waals surface area contributed by atoms with Crippen LogP contribution < -0.4 is 0 Å². The standard InChI is InChI=1S/C15H15FN2.C14H18F4O3/c1-3-12(2)4-7-15-10-11-17-18(15)14-8-5-13(16)6-9-14;1-13(19,14(16,17)18)7-8-21-12-9-10(20-2)5-3-4-6-11(12)15/h3-11H,1-2H3;3,5-6,9-10,19H,4,7-8H2,1-2H3/b7-4-,12-3-;5-3-,11-6?,12-9?. The molecule has 0 saturated carbocycles. The van der Waals surface area contributed by atoms with E-state index in [0.717, 1.165) is 11.4 Å². The lowest BCUT2D eigenvalue weighted by Crippen LogP contribution is -2.42. The molecule has 1 aliphatic carbocycles. The molecule has 5 nitrogen and oxygen atoms in total. The summed E-state index contributed by atoms with van der Waals surface area (Å²) >= 11 is 0. The number of hydrogen-bond donors (Lipinski definition) is 1. The number of aliphatic hydroxyl groups is 1. The van der Waals surface area contributed by atoms with Gasteiger partial charge in [-0.1, -0.05) is 29.9 Å². The van der Waals surface area contributed by atoms with Crippen LogP contribution in [0.25, 0.3) is 11.8 Å². The Morgan fingerprint density at radius 3 is 2.49 bits per heavy atom. The number of allylic oxidation sites excluding steroid dienone is 6. The largest absolute Gasteiger partial charge is 0.491 e. The number of methoxy groups -OCH3 is 1. The molecular formula is C29H33F5N2O3. The molecule has 0 radical (unpaired) electrons. The van der Waals surface area contributed by atoms with Crippen molar-refractivity contribution < 1.29 is 36.5 Å². The Balaban J connectivity index is 0.000000276. The van der Waals surface area contributed by atoms with Gasteiger partial charge in [0.1, 0.15) is 5.82 Å². The maximum absolute atomic E-state index is 13.7. The molecule has 39 heavy (non-hydrogen) atoms. The molecule has 2 atom stereocenters. The molecule has 0 aliphatic heterocycles. The van der Waals surface area contributed by atoms with Crippen molar-refractivity contribution in [3.8, 4) is 5.69 Å². The molecule has 2 unspecified atom stereocenters. The predicted molar refractivity (Wildman–Crippen MR) is 141 cm³/mol. The molecule has 1 aliphatic rings. The number of ether oxygens (including phenoxy) is 2. The van der Waals surface area contributed by atoms with Crippen LogP contribution in [0.2, 0.25) is 0 Å². The van der Waals surface area contributed by atoms with Crippen molar-refractivity contribution in [3.05, 3.63) is 102 Å². The van der Waals surface area contributed by atoms with Gasteiger partial charge in [0, 0.05) is 13.5 Å². The number of benzene rings is 1. The second-order valence-electron chi connectivity index (χ2n) is 8.83. The van der Waals surface area contributed by atoms with Crippen LogP contribution in [-0.4, -0.2) is 46.5 Å². The van der Waals surface area contributed by atoms with Gasteiger partial charge in [-0.2, -0.15) is 18.3 Å². The summed E-state index contributed by atoms with van der Waals surface area (Å²) in [5.74, 6) is -1.11. The second-order valence-corrected chi connectivity index (χ2v) is 8.83. The summed E-state index contributed by atoms with van der Waals surface area (Å²) in [7, 11) is 1.42. The number of halogens is 5. The van der Waals surface area contributed by atoms with Crippen molar-refractivity contribution >= 4 is 6.08 Å². The Labute approximate surface area is 225 Å². The van der Waals surface area contributed by atoms with Crippen LogP contribution in [0, 0.1) is 5.82 Å². The van der Waals surface area contributed by atoms with E-state index in [1.165, 1.54) is 37.0 Å². The van der Waals surface area contributed by atoms with Gasteiger partial charge in [-0.15, -0.1) is 0 Å². The van der Waals surface area contributed by atoms with Crippen molar-refractivity contribution in [1.82, 2.24) is 9.78 Å². The van der Waals surface area contributed by atoms with Gasteiger partial charge in [0.2, 0.25) is 0 Å². The lowest BCUT2D eigenvalue weighted by molar-refractivity contribution is -0.257. The third-order valence-corrected chi connectivity index (χ3v) is 5.75. The van der Waals surface area contributed by atoms with Gasteiger partial charge in [0.05, 0.1) is 30.3 Å². The van der Waals surface area contributed by atoms with E-state index in [4.69, 9.17) is 9.47 Å². The molecule has 0 bridgehead atoms. The summed E-state index contributed by atoms with van der Waals surface area (Å²) in [6, 6.07) is 8.20. The number of hydrogen-bond acceptors (Lipinski definition) is 4. The fourth-order valence-electron chi connectivity index (χ4n) is 3.09. The highest BCUT2D eigenvalue weighted by Gasteiger charge is 2.49. The van der Waals surface area contributed by atoms with Gasteiger partial charge in [-0.3, -0.25) is 0 Å². The molecule has 0 fully saturated rings. The van der Waals surface area contributed by atoms with E-state index >= 15 is 0 Å². The molecule has 0 spiro atoms. The van der Waals surface area contributed by atoms with E-state index in [0.29, 0.717) is 13.3 Å². The summed E-state index contributed by atoms with van der Waals surface area (Å²) in [5.41, 5.74) is 0.111. The molecule has 1 aromatic heterocycles. The van der Waals surface area contributed by atoms with E-state index in [2.05, 4.69) is 5.10 Å². The number of rotatable bonds is 8. The van der Waals surface area contributed by atoms with E-state index in [9.17, 15) is 27.1 Å². The minimum absolute atomic E-state index is 0.191. The maximum Gasteiger partial charge on any atom is 0.417 e. The maximum atomic E-state index is 13.7. The average Bonchev–Trinajstić information content (AvgIpc) is 3.35. The van der Waals surface area contributed by atoms with E-state index in [1.807, 2.05) is 38.1 Å². The van der Waals surface area contributed by atoms with Gasteiger partial charge in [-0.25, -0.2) is 13.5 Å².